The lowest BCUT2D eigenvalue weighted by atomic mass is 10.1. The molecule has 0 aliphatic heterocycles. The van der Waals surface area contributed by atoms with Gasteiger partial charge in [-0.05, 0) is 37.6 Å². The van der Waals surface area contributed by atoms with Crippen LogP contribution < -0.4 is 5.32 Å². The first kappa shape index (κ1) is 18.8. The minimum absolute atomic E-state index is 0.263. The Hall–Kier alpha value is -2.02. The number of hydrogen-bond acceptors (Lipinski definition) is 5. The van der Waals surface area contributed by atoms with Crippen LogP contribution in [-0.4, -0.2) is 21.4 Å². The lowest BCUT2D eigenvalue weighted by Gasteiger charge is -2.12. The van der Waals surface area contributed by atoms with Crippen molar-refractivity contribution in [2.24, 2.45) is 0 Å². The van der Waals surface area contributed by atoms with Crippen molar-refractivity contribution in [1.29, 1.82) is 0 Å². The highest BCUT2D eigenvalue weighted by molar-refractivity contribution is 8.00. The maximum Gasteiger partial charge on any atom is 0.277 e. The molecule has 3 aromatic rings. The fourth-order valence-corrected chi connectivity index (χ4v) is 3.40. The normalized spacial score (nSPS) is 12.0. The smallest absolute Gasteiger partial charge is 0.277 e. The second kappa shape index (κ2) is 8.12. The molecule has 1 atom stereocenters. The third-order valence-corrected chi connectivity index (χ3v) is 5.20. The Morgan fingerprint density at radius 1 is 1.12 bits per heavy atom. The fourth-order valence-electron chi connectivity index (χ4n) is 2.23. The number of nitrogens with zero attached hydrogens (tertiary/aromatic N) is 2. The van der Waals surface area contributed by atoms with E-state index < -0.39 is 5.25 Å². The van der Waals surface area contributed by atoms with E-state index in [0.29, 0.717) is 26.8 Å². The number of carbonyl (C=O) groups excluding carboxylic acids is 1. The number of aromatic nitrogens is 2. The zero-order valence-corrected chi connectivity index (χ0v) is 16.3. The Bertz CT molecular complexity index is 925. The van der Waals surface area contributed by atoms with E-state index in [9.17, 15) is 4.79 Å². The van der Waals surface area contributed by atoms with Gasteiger partial charge in [-0.2, -0.15) is 0 Å². The summed E-state index contributed by atoms with van der Waals surface area (Å²) in [5.41, 5.74) is 2.29. The van der Waals surface area contributed by atoms with Crippen LogP contribution in [0, 0.1) is 6.92 Å². The lowest BCUT2D eigenvalue weighted by Crippen LogP contribution is -2.22. The van der Waals surface area contributed by atoms with Crippen molar-refractivity contribution < 1.29 is 9.21 Å². The standard InChI is InChI=1S/C18H15Cl2N3O2S/c1-10-6-3-4-7-12(10)17-22-23-18(25-17)26-11(2)16(24)21-15-13(19)8-5-9-14(15)20/h3-9,11H,1-2H3,(H,21,24)/t11-/m1/s1. The predicted molar refractivity (Wildman–Crippen MR) is 105 cm³/mol. The molecular formula is C18H15Cl2N3O2S. The van der Waals surface area contributed by atoms with E-state index in [1.54, 1.807) is 25.1 Å². The number of thioether (sulfide) groups is 1. The molecule has 5 nitrogen and oxygen atoms in total. The van der Waals surface area contributed by atoms with Gasteiger partial charge in [0.05, 0.1) is 21.0 Å². The second-order valence-electron chi connectivity index (χ2n) is 5.53. The molecular weight excluding hydrogens is 393 g/mol. The van der Waals surface area contributed by atoms with Gasteiger partial charge in [0.1, 0.15) is 0 Å². The summed E-state index contributed by atoms with van der Waals surface area (Å²) in [6.45, 7) is 3.71. The van der Waals surface area contributed by atoms with E-state index in [4.69, 9.17) is 27.6 Å². The average molecular weight is 408 g/mol. The van der Waals surface area contributed by atoms with Gasteiger partial charge < -0.3 is 9.73 Å². The number of carbonyl (C=O) groups is 1. The molecule has 26 heavy (non-hydrogen) atoms. The van der Waals surface area contributed by atoms with Gasteiger partial charge in [0.15, 0.2) is 0 Å². The van der Waals surface area contributed by atoms with Crippen molar-refractivity contribution in [2.45, 2.75) is 24.3 Å². The third kappa shape index (κ3) is 4.20. The number of halogens is 2. The van der Waals surface area contributed by atoms with Gasteiger partial charge in [0, 0.05) is 5.56 Å². The van der Waals surface area contributed by atoms with Crippen LogP contribution in [0.2, 0.25) is 10.0 Å². The molecule has 0 saturated heterocycles. The molecule has 0 fully saturated rings. The van der Waals surface area contributed by atoms with Crippen molar-refractivity contribution >= 4 is 46.6 Å². The van der Waals surface area contributed by atoms with Crippen molar-refractivity contribution in [1.82, 2.24) is 10.2 Å². The SMILES string of the molecule is Cc1ccccc1-c1nnc(S[C@H](C)C(=O)Nc2c(Cl)cccc2Cl)o1. The Labute approximate surface area is 165 Å². The van der Waals surface area contributed by atoms with Crippen LogP contribution in [0.4, 0.5) is 5.69 Å². The fraction of sp³-hybridized carbons (Fsp3) is 0.167. The number of aryl methyl sites for hydroxylation is 1. The van der Waals surface area contributed by atoms with Gasteiger partial charge >= 0.3 is 0 Å². The van der Waals surface area contributed by atoms with E-state index >= 15 is 0 Å². The molecule has 1 heterocycles. The highest BCUT2D eigenvalue weighted by atomic mass is 35.5. The summed E-state index contributed by atoms with van der Waals surface area (Å²) in [4.78, 5) is 12.4. The van der Waals surface area contributed by atoms with Crippen LogP contribution in [0.5, 0.6) is 0 Å². The van der Waals surface area contributed by atoms with E-state index in [2.05, 4.69) is 15.5 Å². The van der Waals surface area contributed by atoms with Crippen LogP contribution >= 0.6 is 35.0 Å². The monoisotopic (exact) mass is 407 g/mol. The summed E-state index contributed by atoms with van der Waals surface area (Å²) in [6.07, 6.45) is 0. The topological polar surface area (TPSA) is 68.0 Å². The van der Waals surface area contributed by atoms with E-state index in [1.165, 1.54) is 11.8 Å². The van der Waals surface area contributed by atoms with E-state index in [-0.39, 0.29) is 5.91 Å². The maximum atomic E-state index is 12.4. The first-order chi connectivity index (χ1) is 12.5. The first-order valence-electron chi connectivity index (χ1n) is 7.76. The van der Waals surface area contributed by atoms with Crippen LogP contribution in [0.25, 0.3) is 11.5 Å². The molecule has 1 N–H and O–H groups in total. The molecule has 1 amide bonds. The molecule has 8 heteroatoms. The maximum absolute atomic E-state index is 12.4. The van der Waals surface area contributed by atoms with Crippen molar-refractivity contribution in [3.8, 4) is 11.5 Å². The Balaban J connectivity index is 1.69. The number of nitrogens with one attached hydrogen (secondary N) is 1. The summed E-state index contributed by atoms with van der Waals surface area (Å²) >= 11 is 13.3. The molecule has 0 saturated carbocycles. The highest BCUT2D eigenvalue weighted by Crippen LogP contribution is 2.32. The average Bonchev–Trinajstić information content (AvgIpc) is 3.06. The van der Waals surface area contributed by atoms with Crippen molar-refractivity contribution in [2.75, 3.05) is 5.32 Å². The molecule has 134 valence electrons. The molecule has 2 aromatic carbocycles. The number of anilines is 1. The third-order valence-electron chi connectivity index (χ3n) is 3.64. The summed E-state index contributed by atoms with van der Waals surface area (Å²) < 4.78 is 5.68. The zero-order chi connectivity index (χ0) is 18.7. The summed E-state index contributed by atoms with van der Waals surface area (Å²) in [5, 5.41) is 11.4. The van der Waals surface area contributed by atoms with Crippen molar-refractivity contribution in [3.05, 3.63) is 58.1 Å². The molecule has 3 rings (SSSR count). The van der Waals surface area contributed by atoms with E-state index in [0.717, 1.165) is 11.1 Å². The lowest BCUT2D eigenvalue weighted by molar-refractivity contribution is -0.115. The molecule has 1 aromatic heterocycles. The van der Waals surface area contributed by atoms with Gasteiger partial charge in [-0.3, -0.25) is 4.79 Å². The summed E-state index contributed by atoms with van der Waals surface area (Å²) in [6, 6.07) is 12.8. The largest absolute Gasteiger partial charge is 0.411 e. The van der Waals surface area contributed by atoms with Gasteiger partial charge in [-0.15, -0.1) is 10.2 Å². The quantitative estimate of drug-likeness (QED) is 0.567. The Morgan fingerprint density at radius 2 is 1.81 bits per heavy atom. The molecule has 0 spiro atoms. The highest BCUT2D eigenvalue weighted by Gasteiger charge is 2.20. The summed E-state index contributed by atoms with van der Waals surface area (Å²) in [7, 11) is 0. The van der Waals surface area contributed by atoms with Gasteiger partial charge in [0.25, 0.3) is 5.22 Å². The minimum Gasteiger partial charge on any atom is -0.411 e. The van der Waals surface area contributed by atoms with Gasteiger partial charge in [0.2, 0.25) is 11.8 Å². The Kier molecular flexibility index (Phi) is 5.86. The zero-order valence-electron chi connectivity index (χ0n) is 14.0. The van der Waals surface area contributed by atoms with Crippen LogP contribution in [0.15, 0.2) is 52.1 Å². The minimum atomic E-state index is -0.479. The second-order valence-corrected chi connectivity index (χ2v) is 7.64. The molecule has 0 unspecified atom stereocenters. The number of amides is 1. The summed E-state index contributed by atoms with van der Waals surface area (Å²) in [5.74, 6) is 0.160. The predicted octanol–water partition coefficient (Wildman–Crippen LogP) is 5.47. The number of para-hydroxylation sites is 1. The number of benzene rings is 2. The van der Waals surface area contributed by atoms with Gasteiger partial charge in [-0.25, -0.2) is 0 Å². The van der Waals surface area contributed by atoms with Gasteiger partial charge in [-0.1, -0.05) is 59.2 Å². The van der Waals surface area contributed by atoms with E-state index in [1.807, 2.05) is 31.2 Å². The molecule has 0 aliphatic carbocycles. The number of hydrogen-bond donors (Lipinski definition) is 1. The van der Waals surface area contributed by atoms with Crippen LogP contribution in [-0.2, 0) is 4.79 Å². The first-order valence-corrected chi connectivity index (χ1v) is 9.40. The molecule has 0 bridgehead atoms. The van der Waals surface area contributed by atoms with Crippen LogP contribution in [0.3, 0.4) is 0 Å². The number of rotatable bonds is 5. The Morgan fingerprint density at radius 3 is 2.50 bits per heavy atom. The molecule has 0 aliphatic rings. The molecule has 0 radical (unpaired) electrons. The van der Waals surface area contributed by atoms with Crippen molar-refractivity contribution in [3.63, 3.8) is 0 Å². The van der Waals surface area contributed by atoms with Crippen LogP contribution in [0.1, 0.15) is 12.5 Å².